The third-order valence-electron chi connectivity index (χ3n) is 5.44. The van der Waals surface area contributed by atoms with Gasteiger partial charge in [-0.1, -0.05) is 0 Å². The molecule has 1 saturated heterocycles. The predicted octanol–water partition coefficient (Wildman–Crippen LogP) is 3.90. The van der Waals surface area contributed by atoms with E-state index in [0.717, 1.165) is 49.5 Å². The first kappa shape index (κ1) is 22.3. The SMILES string of the molecule is CCOCC(=O)N[C@H]1CCN(c2cc(Oc3cnc(C(F)(F)F)nc3)cc(C3CC3)c2)C1. The van der Waals surface area contributed by atoms with Crippen LogP contribution in [0.1, 0.15) is 43.5 Å². The lowest BCUT2D eigenvalue weighted by molar-refractivity contribution is -0.145. The molecule has 2 aromatic rings. The maximum absolute atomic E-state index is 12.7. The van der Waals surface area contributed by atoms with Crippen molar-refractivity contribution < 1.29 is 27.4 Å². The molecule has 1 aromatic heterocycles. The summed E-state index contributed by atoms with van der Waals surface area (Å²) in [6, 6.07) is 5.92. The molecule has 0 bridgehead atoms. The molecular weight excluding hydrogens is 425 g/mol. The lowest BCUT2D eigenvalue weighted by Crippen LogP contribution is -2.39. The number of benzene rings is 1. The number of hydrogen-bond acceptors (Lipinski definition) is 6. The molecule has 4 rings (SSSR count). The summed E-state index contributed by atoms with van der Waals surface area (Å²) >= 11 is 0. The van der Waals surface area contributed by atoms with E-state index in [1.165, 1.54) is 0 Å². The van der Waals surface area contributed by atoms with E-state index >= 15 is 0 Å². The fourth-order valence-corrected chi connectivity index (χ4v) is 3.73. The Morgan fingerprint density at radius 3 is 2.56 bits per heavy atom. The number of amides is 1. The minimum absolute atomic E-state index is 0.0280. The quantitative estimate of drug-likeness (QED) is 0.658. The lowest BCUT2D eigenvalue weighted by Gasteiger charge is -2.21. The highest BCUT2D eigenvalue weighted by Gasteiger charge is 2.34. The molecule has 1 aliphatic heterocycles. The fraction of sp³-hybridized carbons (Fsp3) is 0.500. The normalized spacial score (nSPS) is 18.6. The summed E-state index contributed by atoms with van der Waals surface area (Å²) in [5, 5.41) is 2.99. The van der Waals surface area contributed by atoms with E-state index in [0.29, 0.717) is 24.8 Å². The zero-order valence-electron chi connectivity index (χ0n) is 17.7. The van der Waals surface area contributed by atoms with Gasteiger partial charge in [0.25, 0.3) is 0 Å². The van der Waals surface area contributed by atoms with Crippen molar-refractivity contribution in [1.29, 1.82) is 0 Å². The first-order valence-corrected chi connectivity index (χ1v) is 10.7. The summed E-state index contributed by atoms with van der Waals surface area (Å²) in [5.74, 6) is -0.204. The number of halogens is 3. The first-order valence-electron chi connectivity index (χ1n) is 10.7. The van der Waals surface area contributed by atoms with Crippen molar-refractivity contribution in [2.24, 2.45) is 0 Å². The standard InChI is InChI=1S/C22H25F3N4O3/c1-2-31-13-20(30)28-16-5-6-29(12-16)17-7-15(14-3-4-14)8-18(9-17)32-19-10-26-21(27-11-19)22(23,24)25/h7-11,14,16H,2-6,12-13H2,1H3,(H,28,30)/t16-/m0/s1. The Morgan fingerprint density at radius 1 is 1.16 bits per heavy atom. The highest BCUT2D eigenvalue weighted by atomic mass is 19.4. The fourth-order valence-electron chi connectivity index (χ4n) is 3.73. The largest absolute Gasteiger partial charge is 0.454 e. The highest BCUT2D eigenvalue weighted by molar-refractivity contribution is 5.77. The van der Waals surface area contributed by atoms with E-state index in [-0.39, 0.29) is 24.3 Å². The third kappa shape index (κ3) is 5.67. The molecule has 10 heteroatoms. The van der Waals surface area contributed by atoms with Crippen LogP contribution in [0.15, 0.2) is 30.6 Å². The van der Waals surface area contributed by atoms with Crippen molar-refractivity contribution in [2.45, 2.75) is 44.3 Å². The second-order valence-corrected chi connectivity index (χ2v) is 8.01. The summed E-state index contributed by atoms with van der Waals surface area (Å²) in [6.07, 6.45) is 0.472. The molecule has 1 aliphatic carbocycles. The van der Waals surface area contributed by atoms with E-state index in [9.17, 15) is 18.0 Å². The monoisotopic (exact) mass is 450 g/mol. The van der Waals surface area contributed by atoms with Gasteiger partial charge >= 0.3 is 6.18 Å². The van der Waals surface area contributed by atoms with Crippen LogP contribution in [0.4, 0.5) is 18.9 Å². The predicted molar refractivity (Wildman–Crippen MR) is 111 cm³/mol. The Bertz CT molecular complexity index is 948. The zero-order valence-corrected chi connectivity index (χ0v) is 17.7. The number of ether oxygens (including phenoxy) is 2. The van der Waals surface area contributed by atoms with Gasteiger partial charge in [-0.25, -0.2) is 9.97 Å². The van der Waals surface area contributed by atoms with E-state index in [4.69, 9.17) is 9.47 Å². The Balaban J connectivity index is 1.46. The molecule has 7 nitrogen and oxygen atoms in total. The van der Waals surface area contributed by atoms with Gasteiger partial charge in [0, 0.05) is 37.5 Å². The van der Waals surface area contributed by atoms with Gasteiger partial charge in [0.2, 0.25) is 11.7 Å². The van der Waals surface area contributed by atoms with E-state index < -0.39 is 12.0 Å². The van der Waals surface area contributed by atoms with Gasteiger partial charge in [-0.15, -0.1) is 0 Å². The van der Waals surface area contributed by atoms with Crippen molar-refractivity contribution in [3.8, 4) is 11.5 Å². The van der Waals surface area contributed by atoms with Crippen LogP contribution >= 0.6 is 0 Å². The van der Waals surface area contributed by atoms with Crippen LogP contribution < -0.4 is 15.0 Å². The van der Waals surface area contributed by atoms with E-state index in [1.54, 1.807) is 0 Å². The number of carbonyl (C=O) groups excluding carboxylic acids is 1. The number of rotatable bonds is 8. The molecule has 1 N–H and O–H groups in total. The second-order valence-electron chi connectivity index (χ2n) is 8.01. The van der Waals surface area contributed by atoms with Crippen molar-refractivity contribution in [1.82, 2.24) is 15.3 Å². The summed E-state index contributed by atoms with van der Waals surface area (Å²) in [6.45, 7) is 3.82. The van der Waals surface area contributed by atoms with Crippen LogP contribution in [-0.4, -0.2) is 48.2 Å². The third-order valence-corrected chi connectivity index (χ3v) is 5.44. The molecule has 0 unspecified atom stereocenters. The number of hydrogen-bond donors (Lipinski definition) is 1. The van der Waals surface area contributed by atoms with Crippen molar-refractivity contribution >= 4 is 11.6 Å². The number of aromatic nitrogens is 2. The van der Waals surface area contributed by atoms with Gasteiger partial charge < -0.3 is 19.7 Å². The number of nitrogens with zero attached hydrogens (tertiary/aromatic N) is 3. The van der Waals surface area contributed by atoms with Crippen molar-refractivity contribution in [2.75, 3.05) is 31.2 Å². The van der Waals surface area contributed by atoms with Crippen LogP contribution in [-0.2, 0) is 15.7 Å². The molecule has 2 heterocycles. The molecule has 1 saturated carbocycles. The maximum atomic E-state index is 12.7. The van der Waals surface area contributed by atoms with Gasteiger partial charge in [0.05, 0.1) is 12.4 Å². The number of alkyl halides is 3. The number of anilines is 1. The molecule has 1 aromatic carbocycles. The number of carbonyl (C=O) groups is 1. The van der Waals surface area contributed by atoms with E-state index in [2.05, 4.69) is 26.3 Å². The van der Waals surface area contributed by atoms with E-state index in [1.807, 2.05) is 19.1 Å². The molecule has 2 fully saturated rings. The number of nitrogens with one attached hydrogen (secondary N) is 1. The smallest absolute Gasteiger partial charge is 0.451 e. The molecule has 1 amide bonds. The molecular formula is C22H25F3N4O3. The van der Waals surface area contributed by atoms with Gasteiger partial charge in [-0.3, -0.25) is 4.79 Å². The Labute approximate surface area is 183 Å². The van der Waals surface area contributed by atoms with Crippen LogP contribution in [0.2, 0.25) is 0 Å². The molecule has 1 atom stereocenters. The van der Waals surface area contributed by atoms with Gasteiger partial charge in [-0.2, -0.15) is 13.2 Å². The first-order chi connectivity index (χ1) is 15.3. The topological polar surface area (TPSA) is 76.6 Å². The zero-order chi connectivity index (χ0) is 22.7. The van der Waals surface area contributed by atoms with Gasteiger partial charge in [0.15, 0.2) is 5.75 Å². The van der Waals surface area contributed by atoms with Gasteiger partial charge in [0.1, 0.15) is 12.4 Å². The molecule has 2 aliphatic rings. The Morgan fingerprint density at radius 2 is 1.91 bits per heavy atom. The average Bonchev–Trinajstić information content (AvgIpc) is 3.51. The Hall–Kier alpha value is -2.88. The minimum Gasteiger partial charge on any atom is -0.454 e. The maximum Gasteiger partial charge on any atom is 0.451 e. The van der Waals surface area contributed by atoms with Crippen LogP contribution in [0.25, 0.3) is 0 Å². The molecule has 32 heavy (non-hydrogen) atoms. The summed E-state index contributed by atoms with van der Waals surface area (Å²) in [4.78, 5) is 20.8. The summed E-state index contributed by atoms with van der Waals surface area (Å²) < 4.78 is 49.0. The lowest BCUT2D eigenvalue weighted by atomic mass is 10.1. The van der Waals surface area contributed by atoms with Crippen LogP contribution in [0, 0.1) is 0 Å². The van der Waals surface area contributed by atoms with Crippen molar-refractivity contribution in [3.63, 3.8) is 0 Å². The second kappa shape index (κ2) is 9.32. The summed E-state index contributed by atoms with van der Waals surface area (Å²) in [7, 11) is 0. The minimum atomic E-state index is -4.60. The van der Waals surface area contributed by atoms with Crippen molar-refractivity contribution in [3.05, 3.63) is 42.0 Å². The van der Waals surface area contributed by atoms with Gasteiger partial charge in [-0.05, 0) is 49.8 Å². The molecule has 0 spiro atoms. The van der Waals surface area contributed by atoms with Crippen LogP contribution in [0.3, 0.4) is 0 Å². The van der Waals surface area contributed by atoms with Crippen LogP contribution in [0.5, 0.6) is 11.5 Å². The molecule has 172 valence electrons. The Kier molecular flexibility index (Phi) is 6.50. The molecule has 0 radical (unpaired) electrons. The highest BCUT2D eigenvalue weighted by Crippen LogP contribution is 2.43. The summed E-state index contributed by atoms with van der Waals surface area (Å²) in [5.41, 5.74) is 2.09. The average molecular weight is 450 g/mol.